The van der Waals surface area contributed by atoms with Crippen molar-refractivity contribution in [3.05, 3.63) is 64.7 Å². The Hall–Kier alpha value is -1.80. The average molecular weight is 256 g/mol. The SMILES string of the molecule is Cc1ccc(C)c(COc2cccc(C(C)O)c2)c1. The predicted molar refractivity (Wildman–Crippen MR) is 77.3 cm³/mol. The first kappa shape index (κ1) is 13.6. The van der Waals surface area contributed by atoms with Crippen molar-refractivity contribution in [2.75, 3.05) is 0 Å². The molecule has 100 valence electrons. The summed E-state index contributed by atoms with van der Waals surface area (Å²) in [5.74, 6) is 0.791. The van der Waals surface area contributed by atoms with Gasteiger partial charge in [-0.3, -0.25) is 0 Å². The highest BCUT2D eigenvalue weighted by molar-refractivity contribution is 5.32. The molecule has 2 nitrogen and oxygen atoms in total. The van der Waals surface area contributed by atoms with Gasteiger partial charge in [-0.2, -0.15) is 0 Å². The molecular formula is C17H20O2. The standard InChI is InChI=1S/C17H20O2/c1-12-7-8-13(2)16(9-12)11-19-17-6-4-5-15(10-17)14(3)18/h4-10,14,18H,11H2,1-3H3. The summed E-state index contributed by atoms with van der Waals surface area (Å²) in [6, 6.07) is 14.0. The lowest BCUT2D eigenvalue weighted by atomic mass is 10.1. The van der Waals surface area contributed by atoms with Crippen LogP contribution in [0.3, 0.4) is 0 Å². The van der Waals surface area contributed by atoms with Gasteiger partial charge in [0.25, 0.3) is 0 Å². The molecule has 0 aliphatic heterocycles. The van der Waals surface area contributed by atoms with Gasteiger partial charge in [0.05, 0.1) is 6.10 Å². The minimum Gasteiger partial charge on any atom is -0.489 e. The van der Waals surface area contributed by atoms with Gasteiger partial charge >= 0.3 is 0 Å². The van der Waals surface area contributed by atoms with Crippen LogP contribution in [0.4, 0.5) is 0 Å². The topological polar surface area (TPSA) is 29.5 Å². The van der Waals surface area contributed by atoms with Crippen LogP contribution in [0.25, 0.3) is 0 Å². The van der Waals surface area contributed by atoms with Crippen molar-refractivity contribution in [1.82, 2.24) is 0 Å². The Bertz CT molecular complexity index is 559. The molecule has 2 aromatic carbocycles. The molecule has 0 aliphatic rings. The predicted octanol–water partition coefficient (Wildman–Crippen LogP) is 3.94. The molecule has 0 fully saturated rings. The van der Waals surface area contributed by atoms with Crippen LogP contribution in [0.5, 0.6) is 5.75 Å². The smallest absolute Gasteiger partial charge is 0.120 e. The number of ether oxygens (including phenoxy) is 1. The molecule has 0 aliphatic carbocycles. The van der Waals surface area contributed by atoms with Gasteiger partial charge in [0.15, 0.2) is 0 Å². The summed E-state index contributed by atoms with van der Waals surface area (Å²) in [5.41, 5.74) is 4.54. The molecule has 0 spiro atoms. The third kappa shape index (κ3) is 3.58. The fraction of sp³-hybridized carbons (Fsp3) is 0.294. The highest BCUT2D eigenvalue weighted by atomic mass is 16.5. The highest BCUT2D eigenvalue weighted by Gasteiger charge is 2.04. The summed E-state index contributed by atoms with van der Waals surface area (Å²) in [6.45, 7) is 6.47. The number of aliphatic hydroxyl groups is 1. The normalized spacial score (nSPS) is 12.2. The molecule has 0 saturated carbocycles. The van der Waals surface area contributed by atoms with Gasteiger partial charge in [-0.1, -0.05) is 35.9 Å². The Balaban J connectivity index is 2.10. The van der Waals surface area contributed by atoms with Crippen molar-refractivity contribution in [2.24, 2.45) is 0 Å². The number of hydrogen-bond donors (Lipinski definition) is 1. The van der Waals surface area contributed by atoms with Crippen LogP contribution in [0.2, 0.25) is 0 Å². The Morgan fingerprint density at radius 3 is 2.63 bits per heavy atom. The second kappa shape index (κ2) is 5.89. The average Bonchev–Trinajstić information content (AvgIpc) is 2.40. The molecule has 1 atom stereocenters. The third-order valence-electron chi connectivity index (χ3n) is 3.24. The Morgan fingerprint density at radius 1 is 1.11 bits per heavy atom. The number of rotatable bonds is 4. The number of aliphatic hydroxyl groups excluding tert-OH is 1. The summed E-state index contributed by atoms with van der Waals surface area (Å²) in [7, 11) is 0. The van der Waals surface area contributed by atoms with E-state index in [4.69, 9.17) is 4.74 Å². The summed E-state index contributed by atoms with van der Waals surface area (Å²) >= 11 is 0. The van der Waals surface area contributed by atoms with Crippen LogP contribution in [0, 0.1) is 13.8 Å². The van der Waals surface area contributed by atoms with Crippen LogP contribution >= 0.6 is 0 Å². The van der Waals surface area contributed by atoms with Gasteiger partial charge in [0, 0.05) is 0 Å². The first-order chi connectivity index (χ1) is 9.06. The van der Waals surface area contributed by atoms with E-state index in [0.717, 1.165) is 11.3 Å². The molecule has 2 heteroatoms. The molecule has 0 bridgehead atoms. The molecule has 1 N–H and O–H groups in total. The van der Waals surface area contributed by atoms with Gasteiger partial charge in [-0.15, -0.1) is 0 Å². The van der Waals surface area contributed by atoms with E-state index in [-0.39, 0.29) is 0 Å². The van der Waals surface area contributed by atoms with E-state index in [2.05, 4.69) is 32.0 Å². The molecule has 0 saturated heterocycles. The van der Waals surface area contributed by atoms with Crippen molar-refractivity contribution >= 4 is 0 Å². The molecule has 19 heavy (non-hydrogen) atoms. The summed E-state index contributed by atoms with van der Waals surface area (Å²) < 4.78 is 5.81. The maximum absolute atomic E-state index is 9.56. The van der Waals surface area contributed by atoms with Crippen LogP contribution in [0.1, 0.15) is 35.3 Å². The fourth-order valence-corrected chi connectivity index (χ4v) is 1.98. The zero-order valence-electron chi connectivity index (χ0n) is 11.7. The lowest BCUT2D eigenvalue weighted by molar-refractivity contribution is 0.198. The quantitative estimate of drug-likeness (QED) is 0.898. The van der Waals surface area contributed by atoms with Crippen LogP contribution < -0.4 is 4.74 Å². The van der Waals surface area contributed by atoms with Gasteiger partial charge < -0.3 is 9.84 Å². The fourth-order valence-electron chi connectivity index (χ4n) is 1.98. The van der Waals surface area contributed by atoms with Gasteiger partial charge in [-0.05, 0) is 49.6 Å². The first-order valence-corrected chi connectivity index (χ1v) is 6.53. The zero-order valence-corrected chi connectivity index (χ0v) is 11.7. The molecule has 2 rings (SSSR count). The maximum atomic E-state index is 9.56. The van der Waals surface area contributed by atoms with E-state index >= 15 is 0 Å². The molecule has 0 amide bonds. The summed E-state index contributed by atoms with van der Waals surface area (Å²) in [5, 5.41) is 9.56. The lowest BCUT2D eigenvalue weighted by Crippen LogP contribution is -1.99. The van der Waals surface area contributed by atoms with Gasteiger partial charge in [-0.25, -0.2) is 0 Å². The molecular weight excluding hydrogens is 236 g/mol. The molecule has 0 radical (unpaired) electrons. The number of benzene rings is 2. The van der Waals surface area contributed by atoms with Gasteiger partial charge in [0.2, 0.25) is 0 Å². The third-order valence-corrected chi connectivity index (χ3v) is 3.24. The number of hydrogen-bond acceptors (Lipinski definition) is 2. The van der Waals surface area contributed by atoms with Crippen LogP contribution in [-0.4, -0.2) is 5.11 Å². The lowest BCUT2D eigenvalue weighted by Gasteiger charge is -2.11. The summed E-state index contributed by atoms with van der Waals surface area (Å²) in [4.78, 5) is 0. The van der Waals surface area contributed by atoms with E-state index < -0.39 is 6.10 Å². The van der Waals surface area contributed by atoms with Crippen molar-refractivity contribution < 1.29 is 9.84 Å². The van der Waals surface area contributed by atoms with Crippen molar-refractivity contribution in [1.29, 1.82) is 0 Å². The summed E-state index contributed by atoms with van der Waals surface area (Å²) in [6.07, 6.45) is -0.468. The number of aryl methyl sites for hydroxylation is 2. The second-order valence-electron chi connectivity index (χ2n) is 4.97. The largest absolute Gasteiger partial charge is 0.489 e. The van der Waals surface area contributed by atoms with Crippen molar-refractivity contribution in [3.63, 3.8) is 0 Å². The maximum Gasteiger partial charge on any atom is 0.120 e. The molecule has 1 unspecified atom stereocenters. The minimum atomic E-state index is -0.468. The van der Waals surface area contributed by atoms with E-state index in [1.165, 1.54) is 16.7 Å². The second-order valence-corrected chi connectivity index (χ2v) is 4.97. The molecule has 0 heterocycles. The Kier molecular flexibility index (Phi) is 4.23. The Labute approximate surface area is 114 Å². The Morgan fingerprint density at radius 2 is 1.89 bits per heavy atom. The molecule has 2 aromatic rings. The van der Waals surface area contributed by atoms with Gasteiger partial charge in [0.1, 0.15) is 12.4 Å². The molecule has 0 aromatic heterocycles. The van der Waals surface area contributed by atoms with Crippen molar-refractivity contribution in [2.45, 2.75) is 33.5 Å². The van der Waals surface area contributed by atoms with E-state index in [1.54, 1.807) is 6.92 Å². The minimum absolute atomic E-state index is 0.468. The van der Waals surface area contributed by atoms with E-state index in [0.29, 0.717) is 6.61 Å². The van der Waals surface area contributed by atoms with Crippen molar-refractivity contribution in [3.8, 4) is 5.75 Å². The highest BCUT2D eigenvalue weighted by Crippen LogP contribution is 2.20. The van der Waals surface area contributed by atoms with Crippen LogP contribution in [-0.2, 0) is 6.61 Å². The van der Waals surface area contributed by atoms with E-state index in [9.17, 15) is 5.11 Å². The van der Waals surface area contributed by atoms with Crippen LogP contribution in [0.15, 0.2) is 42.5 Å². The monoisotopic (exact) mass is 256 g/mol. The zero-order chi connectivity index (χ0) is 13.8. The van der Waals surface area contributed by atoms with E-state index in [1.807, 2.05) is 24.3 Å². The first-order valence-electron chi connectivity index (χ1n) is 6.53.